The Kier molecular flexibility index (Phi) is 4.24. The first-order valence-electron chi connectivity index (χ1n) is 6.24. The van der Waals surface area contributed by atoms with Crippen LogP contribution in [0.2, 0.25) is 0 Å². The van der Waals surface area contributed by atoms with Crippen LogP contribution in [0.25, 0.3) is 5.57 Å². The largest absolute Gasteiger partial charge is 0.493 e. The van der Waals surface area contributed by atoms with Crippen molar-refractivity contribution < 1.29 is 9.47 Å². The smallest absolute Gasteiger partial charge is 0.161 e. The minimum absolute atomic E-state index is 0.745. The van der Waals surface area contributed by atoms with Gasteiger partial charge in [0.05, 0.1) is 14.2 Å². The average molecular weight is 254 g/mol. The normalized spacial score (nSPS) is 11.2. The van der Waals surface area contributed by atoms with Crippen molar-refractivity contribution in [3.63, 3.8) is 0 Å². The van der Waals surface area contributed by atoms with E-state index in [1.165, 1.54) is 11.1 Å². The number of hydrogen-bond acceptors (Lipinski definition) is 2. The highest BCUT2D eigenvalue weighted by Gasteiger charge is 2.08. The highest BCUT2D eigenvalue weighted by Crippen LogP contribution is 2.32. The molecule has 0 N–H and O–H groups in total. The van der Waals surface area contributed by atoms with Crippen molar-refractivity contribution in [1.82, 2.24) is 0 Å². The molecule has 0 saturated heterocycles. The molecular weight excluding hydrogens is 236 g/mol. The van der Waals surface area contributed by atoms with Crippen LogP contribution in [0.3, 0.4) is 0 Å². The maximum atomic E-state index is 5.36. The minimum atomic E-state index is 0.745. The van der Waals surface area contributed by atoms with E-state index >= 15 is 0 Å². The van der Waals surface area contributed by atoms with Gasteiger partial charge in [-0.15, -0.1) is 0 Å². The van der Waals surface area contributed by atoms with Crippen molar-refractivity contribution in [2.45, 2.75) is 6.92 Å². The summed E-state index contributed by atoms with van der Waals surface area (Å²) in [7, 11) is 3.30. The number of allylic oxidation sites excluding steroid dienone is 1. The van der Waals surface area contributed by atoms with Gasteiger partial charge in [-0.2, -0.15) is 0 Å². The van der Waals surface area contributed by atoms with Crippen LogP contribution in [0.4, 0.5) is 0 Å². The Morgan fingerprint density at radius 1 is 0.842 bits per heavy atom. The molecule has 0 bridgehead atoms. The molecule has 0 saturated carbocycles. The molecular formula is C17H18O2. The summed E-state index contributed by atoms with van der Waals surface area (Å²) >= 11 is 0. The molecule has 98 valence electrons. The summed E-state index contributed by atoms with van der Waals surface area (Å²) in [6.07, 6.45) is 2.11. The first kappa shape index (κ1) is 13.2. The quantitative estimate of drug-likeness (QED) is 0.815. The summed E-state index contributed by atoms with van der Waals surface area (Å²) < 4.78 is 10.6. The van der Waals surface area contributed by atoms with Crippen molar-refractivity contribution in [3.8, 4) is 11.5 Å². The van der Waals surface area contributed by atoms with Gasteiger partial charge in [-0.05, 0) is 35.8 Å². The maximum absolute atomic E-state index is 5.36. The van der Waals surface area contributed by atoms with Crippen molar-refractivity contribution in [2.24, 2.45) is 0 Å². The third-order valence-electron chi connectivity index (χ3n) is 3.07. The monoisotopic (exact) mass is 254 g/mol. The molecule has 2 aromatic rings. The summed E-state index contributed by atoms with van der Waals surface area (Å²) in [6, 6.07) is 16.3. The topological polar surface area (TPSA) is 18.5 Å². The second-order valence-electron chi connectivity index (χ2n) is 4.14. The Balaban J connectivity index is 2.46. The van der Waals surface area contributed by atoms with Crippen LogP contribution in [0.5, 0.6) is 11.5 Å². The van der Waals surface area contributed by atoms with E-state index in [2.05, 4.69) is 18.2 Å². The second-order valence-corrected chi connectivity index (χ2v) is 4.14. The zero-order valence-electron chi connectivity index (χ0n) is 11.5. The lowest BCUT2D eigenvalue weighted by molar-refractivity contribution is 0.355. The maximum Gasteiger partial charge on any atom is 0.161 e. The molecule has 0 aliphatic heterocycles. The molecule has 0 radical (unpaired) electrons. The van der Waals surface area contributed by atoms with Gasteiger partial charge in [-0.25, -0.2) is 0 Å². The fraction of sp³-hybridized carbons (Fsp3) is 0.176. The molecule has 0 unspecified atom stereocenters. The third kappa shape index (κ3) is 2.79. The lowest BCUT2D eigenvalue weighted by Crippen LogP contribution is -1.93. The Morgan fingerprint density at radius 3 is 2.11 bits per heavy atom. The summed E-state index contributed by atoms with van der Waals surface area (Å²) in [6.45, 7) is 2.04. The standard InChI is InChI=1S/C17H18O2/c1-4-15(13-8-6-5-7-9-13)14-10-11-16(18-2)17(12-14)19-3/h4-12H,1-3H3. The summed E-state index contributed by atoms with van der Waals surface area (Å²) in [5, 5.41) is 0. The zero-order valence-corrected chi connectivity index (χ0v) is 11.5. The molecule has 0 aromatic heterocycles. The highest BCUT2D eigenvalue weighted by molar-refractivity contribution is 5.80. The van der Waals surface area contributed by atoms with Gasteiger partial charge in [0.2, 0.25) is 0 Å². The molecule has 0 amide bonds. The van der Waals surface area contributed by atoms with E-state index < -0.39 is 0 Å². The van der Waals surface area contributed by atoms with Gasteiger partial charge >= 0.3 is 0 Å². The first-order chi connectivity index (χ1) is 9.30. The van der Waals surface area contributed by atoms with E-state index in [9.17, 15) is 0 Å². The molecule has 19 heavy (non-hydrogen) atoms. The van der Waals surface area contributed by atoms with E-state index in [4.69, 9.17) is 9.47 Å². The second kappa shape index (κ2) is 6.10. The van der Waals surface area contributed by atoms with E-state index in [1.54, 1.807) is 14.2 Å². The van der Waals surface area contributed by atoms with E-state index in [0.29, 0.717) is 0 Å². The van der Waals surface area contributed by atoms with E-state index in [-0.39, 0.29) is 0 Å². The van der Waals surface area contributed by atoms with Gasteiger partial charge in [0.15, 0.2) is 11.5 Å². The SMILES string of the molecule is CC=C(c1ccccc1)c1ccc(OC)c(OC)c1. The number of rotatable bonds is 4. The van der Waals surface area contributed by atoms with Crippen LogP contribution in [0.1, 0.15) is 18.1 Å². The summed E-state index contributed by atoms with van der Waals surface area (Å²) in [5.74, 6) is 1.49. The van der Waals surface area contributed by atoms with E-state index in [0.717, 1.165) is 17.1 Å². The Hall–Kier alpha value is -2.22. The van der Waals surface area contributed by atoms with Crippen LogP contribution in [0.15, 0.2) is 54.6 Å². The van der Waals surface area contributed by atoms with Crippen LogP contribution < -0.4 is 9.47 Å². The molecule has 0 spiro atoms. The van der Waals surface area contributed by atoms with Crippen LogP contribution >= 0.6 is 0 Å². The molecule has 0 heterocycles. The Morgan fingerprint density at radius 2 is 1.53 bits per heavy atom. The number of benzene rings is 2. The van der Waals surface area contributed by atoms with Crippen LogP contribution in [-0.2, 0) is 0 Å². The molecule has 2 nitrogen and oxygen atoms in total. The highest BCUT2D eigenvalue weighted by atomic mass is 16.5. The molecule has 0 aliphatic carbocycles. The number of methoxy groups -OCH3 is 2. The fourth-order valence-corrected chi connectivity index (χ4v) is 2.12. The zero-order chi connectivity index (χ0) is 13.7. The van der Waals surface area contributed by atoms with Crippen molar-refractivity contribution >= 4 is 5.57 Å². The predicted molar refractivity (Wildman–Crippen MR) is 78.7 cm³/mol. The predicted octanol–water partition coefficient (Wildman–Crippen LogP) is 4.16. The molecule has 2 rings (SSSR count). The van der Waals surface area contributed by atoms with Gasteiger partial charge in [0.25, 0.3) is 0 Å². The molecule has 0 fully saturated rings. The minimum Gasteiger partial charge on any atom is -0.493 e. The van der Waals surface area contributed by atoms with Gasteiger partial charge < -0.3 is 9.47 Å². The lowest BCUT2D eigenvalue weighted by Gasteiger charge is -2.12. The van der Waals surface area contributed by atoms with Gasteiger partial charge in [0.1, 0.15) is 0 Å². The lowest BCUT2D eigenvalue weighted by atomic mass is 9.97. The third-order valence-corrected chi connectivity index (χ3v) is 3.07. The van der Waals surface area contributed by atoms with Crippen LogP contribution in [0, 0.1) is 0 Å². The van der Waals surface area contributed by atoms with Crippen LogP contribution in [-0.4, -0.2) is 14.2 Å². The number of hydrogen-bond donors (Lipinski definition) is 0. The summed E-state index contributed by atoms with van der Waals surface area (Å²) in [4.78, 5) is 0. The van der Waals surface area contributed by atoms with Crippen molar-refractivity contribution in [2.75, 3.05) is 14.2 Å². The molecule has 0 aliphatic rings. The molecule has 0 atom stereocenters. The Labute approximate surface area is 114 Å². The van der Waals surface area contributed by atoms with Crippen molar-refractivity contribution in [1.29, 1.82) is 0 Å². The average Bonchev–Trinajstić information content (AvgIpc) is 2.49. The van der Waals surface area contributed by atoms with E-state index in [1.807, 2.05) is 43.3 Å². The van der Waals surface area contributed by atoms with Gasteiger partial charge in [-0.1, -0.05) is 42.5 Å². The molecule has 2 heteroatoms. The Bertz CT molecular complexity index is 571. The first-order valence-corrected chi connectivity index (χ1v) is 6.24. The molecule has 2 aromatic carbocycles. The number of ether oxygens (including phenoxy) is 2. The van der Waals surface area contributed by atoms with Gasteiger partial charge in [-0.3, -0.25) is 0 Å². The van der Waals surface area contributed by atoms with Gasteiger partial charge in [0, 0.05) is 0 Å². The summed E-state index contributed by atoms with van der Waals surface area (Å²) in [5.41, 5.74) is 3.49. The fourth-order valence-electron chi connectivity index (χ4n) is 2.12. The van der Waals surface area contributed by atoms with Crippen molar-refractivity contribution in [3.05, 3.63) is 65.7 Å².